The average molecular weight is 522 g/mol. The summed E-state index contributed by atoms with van der Waals surface area (Å²) in [6, 6.07) is 10.2. The number of carbonyl (C=O) groups is 2. The van der Waals surface area contributed by atoms with Gasteiger partial charge in [-0.15, -0.1) is 0 Å². The van der Waals surface area contributed by atoms with Gasteiger partial charge in [-0.1, -0.05) is 11.6 Å². The molecule has 0 atom stereocenters. The molecule has 1 fully saturated rings. The number of ether oxygens (including phenoxy) is 1. The van der Waals surface area contributed by atoms with E-state index < -0.39 is 21.9 Å². The Bertz CT molecular complexity index is 1350. The highest BCUT2D eigenvalue weighted by atomic mass is 35.5. The number of imidazole rings is 1. The predicted octanol–water partition coefficient (Wildman–Crippen LogP) is 1.55. The highest BCUT2D eigenvalue weighted by Gasteiger charge is 2.24. The van der Waals surface area contributed by atoms with Gasteiger partial charge < -0.3 is 15.8 Å². The molecule has 1 aliphatic heterocycles. The Morgan fingerprint density at radius 1 is 1.20 bits per heavy atom. The predicted molar refractivity (Wildman–Crippen MR) is 128 cm³/mol. The first-order valence-electron chi connectivity index (χ1n) is 9.76. The van der Waals surface area contributed by atoms with Crippen LogP contribution >= 0.6 is 11.6 Å². The average Bonchev–Trinajstić information content (AvgIpc) is 3.40. The van der Waals surface area contributed by atoms with E-state index in [-0.39, 0.29) is 17.4 Å². The van der Waals surface area contributed by atoms with Crippen molar-refractivity contribution in [3.05, 3.63) is 65.3 Å². The number of nitrogens with two attached hydrogens (primary N) is 1. The molecule has 15 heteroatoms. The molecule has 3 aromatic rings. The molecule has 0 radical (unpaired) electrons. The standard InChI is InChI=1S/C19H16ClN7O3.CH4O3S/c20-11-1-6-14(23-9-11)27-10-24-15(17(21)28)16(27)18(29)25-12-2-4-13(5-3-12)26-7-8-30-19(26)22;1-5(2,3)4/h1-6,9-10,22H,7-8H2,(H2,21,28)(H,25,29);1H3,(H,2,3,4). The van der Waals surface area contributed by atoms with E-state index in [4.69, 9.17) is 32.0 Å². The van der Waals surface area contributed by atoms with E-state index in [9.17, 15) is 18.0 Å². The smallest absolute Gasteiger partial charge is 0.289 e. The fraction of sp³-hybridized carbons (Fsp3) is 0.150. The fourth-order valence-corrected chi connectivity index (χ4v) is 3.12. The topological polar surface area (TPSA) is 194 Å². The number of halogens is 1. The number of nitrogens with zero attached hydrogens (tertiary/aromatic N) is 4. The number of benzene rings is 1. The van der Waals surface area contributed by atoms with Crippen molar-refractivity contribution in [1.82, 2.24) is 14.5 Å². The molecule has 5 N–H and O–H groups in total. The van der Waals surface area contributed by atoms with Crippen molar-refractivity contribution in [2.75, 3.05) is 29.6 Å². The summed E-state index contributed by atoms with van der Waals surface area (Å²) in [5.41, 5.74) is 6.42. The second kappa shape index (κ2) is 10.5. The molecule has 1 saturated heterocycles. The minimum atomic E-state index is -3.67. The van der Waals surface area contributed by atoms with Crippen LogP contribution in [0, 0.1) is 5.41 Å². The minimum absolute atomic E-state index is 0.0453. The summed E-state index contributed by atoms with van der Waals surface area (Å²) in [6.07, 6.45) is 3.43. The van der Waals surface area contributed by atoms with Crippen molar-refractivity contribution < 1.29 is 27.3 Å². The Morgan fingerprint density at radius 2 is 1.86 bits per heavy atom. The lowest BCUT2D eigenvalue weighted by atomic mass is 10.2. The number of aromatic nitrogens is 3. The third kappa shape index (κ3) is 6.75. The van der Waals surface area contributed by atoms with Gasteiger partial charge in [-0.05, 0) is 36.4 Å². The van der Waals surface area contributed by atoms with Gasteiger partial charge in [0.25, 0.3) is 28.0 Å². The number of hydrogen-bond donors (Lipinski definition) is 4. The monoisotopic (exact) mass is 521 g/mol. The van der Waals surface area contributed by atoms with E-state index in [1.54, 1.807) is 41.3 Å². The molecule has 0 spiro atoms. The lowest BCUT2D eigenvalue weighted by Gasteiger charge is -2.15. The van der Waals surface area contributed by atoms with E-state index in [2.05, 4.69) is 15.3 Å². The Hall–Kier alpha value is -4.01. The Balaban J connectivity index is 0.000000623. The highest BCUT2D eigenvalue weighted by molar-refractivity contribution is 7.85. The van der Waals surface area contributed by atoms with Crippen molar-refractivity contribution in [3.8, 4) is 5.82 Å². The number of anilines is 2. The molecule has 2 aromatic heterocycles. The van der Waals surface area contributed by atoms with Crippen molar-refractivity contribution in [2.24, 2.45) is 5.73 Å². The summed E-state index contributed by atoms with van der Waals surface area (Å²) in [7, 11) is -3.67. The van der Waals surface area contributed by atoms with Crippen LogP contribution in [0.3, 0.4) is 0 Å². The van der Waals surface area contributed by atoms with Crippen molar-refractivity contribution >= 4 is 50.9 Å². The number of carbonyl (C=O) groups excluding carboxylic acids is 2. The molecule has 1 aliphatic rings. The second-order valence-electron chi connectivity index (χ2n) is 7.05. The normalized spacial score (nSPS) is 13.0. The quantitative estimate of drug-likeness (QED) is 0.360. The van der Waals surface area contributed by atoms with Crippen LogP contribution in [0.15, 0.2) is 48.9 Å². The van der Waals surface area contributed by atoms with Crippen LogP contribution < -0.4 is 16.0 Å². The SMILES string of the molecule is CS(=O)(=O)O.N=C1OCCN1c1ccc(NC(=O)c2c(C(N)=O)ncn2-c2ccc(Cl)cn2)cc1. The first-order valence-corrected chi connectivity index (χ1v) is 12.0. The molecule has 0 unspecified atom stereocenters. The van der Waals surface area contributed by atoms with Crippen LogP contribution in [0.4, 0.5) is 11.4 Å². The Labute approximate surface area is 204 Å². The molecule has 13 nitrogen and oxygen atoms in total. The molecule has 3 heterocycles. The third-order valence-corrected chi connectivity index (χ3v) is 4.63. The number of pyridine rings is 1. The van der Waals surface area contributed by atoms with E-state index >= 15 is 0 Å². The Kier molecular flexibility index (Phi) is 7.68. The maximum atomic E-state index is 13.0. The van der Waals surface area contributed by atoms with E-state index in [0.717, 1.165) is 5.69 Å². The summed E-state index contributed by atoms with van der Waals surface area (Å²) in [6.45, 7) is 1.04. The summed E-state index contributed by atoms with van der Waals surface area (Å²) in [5, 5.41) is 10.9. The van der Waals surface area contributed by atoms with E-state index in [1.165, 1.54) is 17.1 Å². The zero-order valence-corrected chi connectivity index (χ0v) is 19.7. The van der Waals surface area contributed by atoms with E-state index in [0.29, 0.717) is 35.9 Å². The third-order valence-electron chi connectivity index (χ3n) is 4.41. The number of amidine groups is 1. The number of rotatable bonds is 5. The Morgan fingerprint density at radius 3 is 2.37 bits per heavy atom. The molecule has 0 saturated carbocycles. The molecule has 2 amide bonds. The first-order chi connectivity index (χ1) is 16.4. The summed E-state index contributed by atoms with van der Waals surface area (Å²) in [4.78, 5) is 34.6. The molecule has 1 aromatic carbocycles. The summed E-state index contributed by atoms with van der Waals surface area (Å²) in [5.74, 6) is -1.06. The van der Waals surface area contributed by atoms with Crippen LogP contribution in [0.1, 0.15) is 21.0 Å². The summed E-state index contributed by atoms with van der Waals surface area (Å²) >= 11 is 5.87. The van der Waals surface area contributed by atoms with Gasteiger partial charge in [0.2, 0.25) is 0 Å². The molecule has 35 heavy (non-hydrogen) atoms. The van der Waals surface area contributed by atoms with Gasteiger partial charge in [0.05, 0.1) is 17.8 Å². The minimum Gasteiger partial charge on any atom is -0.463 e. The van der Waals surface area contributed by atoms with Gasteiger partial charge in [0.1, 0.15) is 24.4 Å². The fourth-order valence-electron chi connectivity index (χ4n) is 3.00. The molecule has 184 valence electrons. The maximum absolute atomic E-state index is 13.0. The van der Waals surface area contributed by atoms with Gasteiger partial charge in [0, 0.05) is 17.6 Å². The van der Waals surface area contributed by atoms with Gasteiger partial charge in [-0.25, -0.2) is 9.97 Å². The highest BCUT2D eigenvalue weighted by Crippen LogP contribution is 2.22. The van der Waals surface area contributed by atoms with Gasteiger partial charge in [-0.3, -0.25) is 29.0 Å². The van der Waals surface area contributed by atoms with Crippen LogP contribution in [0.25, 0.3) is 5.82 Å². The van der Waals surface area contributed by atoms with Crippen LogP contribution in [-0.2, 0) is 14.9 Å². The van der Waals surface area contributed by atoms with Crippen LogP contribution in [0.5, 0.6) is 0 Å². The molecular formula is C20H20ClN7O6S. The number of nitrogens with one attached hydrogen (secondary N) is 2. The van der Waals surface area contributed by atoms with Gasteiger partial charge >= 0.3 is 0 Å². The van der Waals surface area contributed by atoms with Crippen LogP contribution in [-0.4, -0.2) is 64.7 Å². The molecular weight excluding hydrogens is 502 g/mol. The zero-order valence-electron chi connectivity index (χ0n) is 18.2. The molecule has 0 bridgehead atoms. The zero-order chi connectivity index (χ0) is 25.8. The van der Waals surface area contributed by atoms with Crippen LogP contribution in [0.2, 0.25) is 5.02 Å². The van der Waals surface area contributed by atoms with Gasteiger partial charge in [0.15, 0.2) is 5.69 Å². The molecule has 0 aliphatic carbocycles. The van der Waals surface area contributed by atoms with Crippen molar-refractivity contribution in [2.45, 2.75) is 0 Å². The number of hydrogen-bond acceptors (Lipinski definition) is 8. The second-order valence-corrected chi connectivity index (χ2v) is 8.95. The lowest BCUT2D eigenvalue weighted by molar-refractivity contribution is 0.0971. The molecule has 4 rings (SSSR count). The van der Waals surface area contributed by atoms with Gasteiger partial charge in [-0.2, -0.15) is 8.42 Å². The van der Waals surface area contributed by atoms with Crippen molar-refractivity contribution in [3.63, 3.8) is 0 Å². The first kappa shape index (κ1) is 25.6. The largest absolute Gasteiger partial charge is 0.463 e. The maximum Gasteiger partial charge on any atom is 0.289 e. The lowest BCUT2D eigenvalue weighted by Crippen LogP contribution is -2.24. The number of primary amides is 1. The van der Waals surface area contributed by atoms with E-state index in [1.807, 2.05) is 0 Å². The van der Waals surface area contributed by atoms with Crippen molar-refractivity contribution in [1.29, 1.82) is 5.41 Å². The number of amides is 2. The summed E-state index contributed by atoms with van der Waals surface area (Å²) < 4.78 is 32.4.